The first-order valence-electron chi connectivity index (χ1n) is 7.76. The fourth-order valence-electron chi connectivity index (χ4n) is 2.71. The lowest BCUT2D eigenvalue weighted by Crippen LogP contribution is -2.34. The topological polar surface area (TPSA) is 70.4 Å². The number of hydrogen-bond donors (Lipinski definition) is 1. The van der Waals surface area contributed by atoms with Gasteiger partial charge in [0.15, 0.2) is 12.4 Å². The number of aryl methyl sites for hydroxylation is 1. The molecule has 1 aliphatic rings. The number of amides is 3. The van der Waals surface area contributed by atoms with Crippen molar-refractivity contribution in [2.45, 2.75) is 6.42 Å². The predicted molar refractivity (Wildman–Crippen MR) is 86.4 cm³/mol. The van der Waals surface area contributed by atoms with Crippen LogP contribution in [0.2, 0.25) is 0 Å². The molecule has 2 aromatic rings. The van der Waals surface area contributed by atoms with E-state index in [0.717, 1.165) is 0 Å². The molecule has 1 aromatic heterocycles. The fraction of sp³-hybridized carbons (Fsp3) is 0.222. The molecule has 1 aromatic carbocycles. The molecule has 0 fully saturated rings. The molecule has 3 amide bonds. The molecule has 0 aliphatic carbocycles. The Kier molecular flexibility index (Phi) is 4.37. The Bertz CT molecular complexity index is 782. The zero-order valence-corrected chi connectivity index (χ0v) is 13.4. The first-order chi connectivity index (χ1) is 11.6. The number of hydrogen-bond acceptors (Lipinski definition) is 3. The molecular weight excluding hydrogens is 306 g/mol. The highest BCUT2D eigenvalue weighted by Gasteiger charge is 2.34. The highest BCUT2D eigenvalue weighted by molar-refractivity contribution is 6.21. The van der Waals surface area contributed by atoms with Crippen LogP contribution in [0, 0.1) is 0 Å². The van der Waals surface area contributed by atoms with E-state index in [9.17, 15) is 14.4 Å². The number of pyridine rings is 1. The van der Waals surface area contributed by atoms with E-state index in [4.69, 9.17) is 0 Å². The van der Waals surface area contributed by atoms with Gasteiger partial charge in [-0.15, -0.1) is 0 Å². The van der Waals surface area contributed by atoms with Gasteiger partial charge in [-0.05, 0) is 24.6 Å². The summed E-state index contributed by atoms with van der Waals surface area (Å²) in [4.78, 5) is 37.7. The molecule has 6 heteroatoms. The second kappa shape index (κ2) is 6.62. The van der Waals surface area contributed by atoms with Crippen molar-refractivity contribution in [3.63, 3.8) is 0 Å². The van der Waals surface area contributed by atoms with Gasteiger partial charge in [-0.1, -0.05) is 12.1 Å². The largest absolute Gasteiger partial charge is 0.352 e. The molecule has 24 heavy (non-hydrogen) atoms. The zero-order valence-electron chi connectivity index (χ0n) is 13.4. The van der Waals surface area contributed by atoms with Gasteiger partial charge in [0, 0.05) is 19.2 Å². The number of aromatic nitrogens is 1. The van der Waals surface area contributed by atoms with Crippen molar-refractivity contribution >= 4 is 17.7 Å². The standard InChI is InChI=1S/C18H17N3O3/c1-20-10-4-6-13(12-20)16(22)19-9-5-11-21-17(23)14-7-2-3-8-15(14)18(21)24/h2-4,6-8,10,12H,5,9,11H2,1H3/p+1. The zero-order chi connectivity index (χ0) is 17.1. The maximum atomic E-state index is 12.2. The minimum absolute atomic E-state index is 0.173. The van der Waals surface area contributed by atoms with Crippen LogP contribution in [0.1, 0.15) is 37.5 Å². The third-order valence-electron chi connectivity index (χ3n) is 3.92. The maximum Gasteiger partial charge on any atom is 0.261 e. The van der Waals surface area contributed by atoms with E-state index in [1.165, 1.54) is 4.90 Å². The third-order valence-corrected chi connectivity index (χ3v) is 3.92. The Morgan fingerprint density at radius 3 is 2.38 bits per heavy atom. The smallest absolute Gasteiger partial charge is 0.261 e. The summed E-state index contributed by atoms with van der Waals surface area (Å²) in [7, 11) is 1.85. The Morgan fingerprint density at radius 2 is 1.75 bits per heavy atom. The normalized spacial score (nSPS) is 13.1. The van der Waals surface area contributed by atoms with Gasteiger partial charge in [0.2, 0.25) is 0 Å². The van der Waals surface area contributed by atoms with Crippen molar-refractivity contribution in [1.82, 2.24) is 10.2 Å². The first-order valence-corrected chi connectivity index (χ1v) is 7.76. The van der Waals surface area contributed by atoms with Gasteiger partial charge in [-0.2, -0.15) is 0 Å². The molecule has 0 atom stereocenters. The van der Waals surface area contributed by atoms with Crippen LogP contribution in [0.3, 0.4) is 0 Å². The molecule has 0 bridgehead atoms. The van der Waals surface area contributed by atoms with Crippen molar-refractivity contribution < 1.29 is 19.0 Å². The van der Waals surface area contributed by atoms with Crippen LogP contribution in [0.25, 0.3) is 0 Å². The fourth-order valence-corrected chi connectivity index (χ4v) is 2.71. The quantitative estimate of drug-likeness (QED) is 0.505. The number of benzene rings is 1. The van der Waals surface area contributed by atoms with Gasteiger partial charge >= 0.3 is 0 Å². The number of carbonyl (C=O) groups is 3. The molecule has 3 rings (SSSR count). The van der Waals surface area contributed by atoms with Crippen LogP contribution >= 0.6 is 0 Å². The number of imide groups is 1. The van der Waals surface area contributed by atoms with Crippen LogP contribution < -0.4 is 9.88 Å². The lowest BCUT2D eigenvalue weighted by molar-refractivity contribution is -0.671. The third kappa shape index (κ3) is 3.03. The number of carbonyl (C=O) groups excluding carboxylic acids is 3. The predicted octanol–water partition coefficient (Wildman–Crippen LogP) is 0.927. The van der Waals surface area contributed by atoms with E-state index in [2.05, 4.69) is 5.32 Å². The number of fused-ring (bicyclic) bond motifs is 1. The highest BCUT2D eigenvalue weighted by Crippen LogP contribution is 2.22. The molecule has 122 valence electrons. The second-order valence-electron chi connectivity index (χ2n) is 5.68. The van der Waals surface area contributed by atoms with Gasteiger partial charge in [-0.25, -0.2) is 4.57 Å². The van der Waals surface area contributed by atoms with Crippen LogP contribution in [-0.2, 0) is 7.05 Å². The summed E-state index contributed by atoms with van der Waals surface area (Å²) in [6.07, 6.45) is 4.09. The van der Waals surface area contributed by atoms with E-state index in [1.807, 2.05) is 13.2 Å². The minimum atomic E-state index is -0.267. The molecule has 0 radical (unpaired) electrons. The van der Waals surface area contributed by atoms with Crippen molar-refractivity contribution in [3.8, 4) is 0 Å². The number of rotatable bonds is 5. The molecule has 0 saturated heterocycles. The van der Waals surface area contributed by atoms with E-state index >= 15 is 0 Å². The average molecular weight is 324 g/mol. The van der Waals surface area contributed by atoms with Gasteiger partial charge in [0.1, 0.15) is 12.6 Å². The van der Waals surface area contributed by atoms with Crippen molar-refractivity contribution in [1.29, 1.82) is 0 Å². The highest BCUT2D eigenvalue weighted by atomic mass is 16.2. The Hall–Kier alpha value is -3.02. The molecule has 1 N–H and O–H groups in total. The summed E-state index contributed by atoms with van der Waals surface area (Å²) in [6.45, 7) is 0.681. The number of nitrogens with zero attached hydrogens (tertiary/aromatic N) is 2. The summed E-state index contributed by atoms with van der Waals surface area (Å²) in [5.74, 6) is -0.706. The Morgan fingerprint density at radius 1 is 1.08 bits per heavy atom. The molecular formula is C18H18N3O3+. The molecule has 2 heterocycles. The maximum absolute atomic E-state index is 12.2. The van der Waals surface area contributed by atoms with E-state index < -0.39 is 0 Å². The van der Waals surface area contributed by atoms with Crippen molar-refractivity contribution in [3.05, 3.63) is 65.5 Å². The summed E-state index contributed by atoms with van der Waals surface area (Å²) >= 11 is 0. The lowest BCUT2D eigenvalue weighted by Gasteiger charge is -2.13. The van der Waals surface area contributed by atoms with Crippen molar-refractivity contribution in [2.24, 2.45) is 7.05 Å². The summed E-state index contributed by atoms with van der Waals surface area (Å²) in [5.41, 5.74) is 1.47. The lowest BCUT2D eigenvalue weighted by atomic mass is 10.1. The molecule has 1 aliphatic heterocycles. The van der Waals surface area contributed by atoms with Crippen LogP contribution in [0.15, 0.2) is 48.8 Å². The molecule has 6 nitrogen and oxygen atoms in total. The van der Waals surface area contributed by atoms with Crippen LogP contribution in [0.4, 0.5) is 0 Å². The van der Waals surface area contributed by atoms with E-state index in [0.29, 0.717) is 29.7 Å². The molecule has 0 unspecified atom stereocenters. The molecule has 0 spiro atoms. The molecule has 0 saturated carbocycles. The average Bonchev–Trinajstić information content (AvgIpc) is 2.83. The van der Waals surface area contributed by atoms with Crippen LogP contribution in [0.5, 0.6) is 0 Å². The van der Waals surface area contributed by atoms with Crippen LogP contribution in [-0.4, -0.2) is 35.7 Å². The Balaban J connectivity index is 1.52. The summed E-state index contributed by atoms with van der Waals surface area (Å²) < 4.78 is 1.80. The monoisotopic (exact) mass is 324 g/mol. The van der Waals surface area contributed by atoms with E-state index in [-0.39, 0.29) is 24.3 Å². The minimum Gasteiger partial charge on any atom is -0.352 e. The second-order valence-corrected chi connectivity index (χ2v) is 5.68. The van der Waals surface area contributed by atoms with E-state index in [1.54, 1.807) is 47.2 Å². The Labute approximate surface area is 139 Å². The van der Waals surface area contributed by atoms with Gasteiger partial charge in [-0.3, -0.25) is 19.3 Å². The summed E-state index contributed by atoms with van der Waals surface area (Å²) in [6, 6.07) is 10.3. The summed E-state index contributed by atoms with van der Waals surface area (Å²) in [5, 5.41) is 2.80. The van der Waals surface area contributed by atoms with Crippen molar-refractivity contribution in [2.75, 3.05) is 13.1 Å². The van der Waals surface area contributed by atoms with Gasteiger partial charge in [0.25, 0.3) is 17.7 Å². The SMILES string of the molecule is C[n+]1cccc(C(=O)NCCCN2C(=O)c3ccccc3C2=O)c1. The first kappa shape index (κ1) is 15.9. The van der Waals surface area contributed by atoms with Gasteiger partial charge in [0.05, 0.1) is 11.1 Å². The number of nitrogens with one attached hydrogen (secondary N) is 1. The van der Waals surface area contributed by atoms with Gasteiger partial charge < -0.3 is 5.32 Å².